The van der Waals surface area contributed by atoms with Crippen molar-refractivity contribution in [3.05, 3.63) is 53.6 Å². The molecule has 0 saturated carbocycles. The number of ether oxygens (including phenoxy) is 1. The maximum absolute atomic E-state index is 12.1. The molecule has 0 bridgehead atoms. The molecule has 0 aliphatic heterocycles. The van der Waals surface area contributed by atoms with E-state index in [9.17, 15) is 9.59 Å². The standard InChI is InChI=1S/C19H22ClN3O3/c1-23(11-10-18(24)22-16-5-3-4-14(20)12-16)13-19(25)21-15-6-8-17(26-2)9-7-15/h3-9,12H,10-11,13H2,1-2H3,(H,21,25)(H,22,24). The second-order valence-electron chi connectivity index (χ2n) is 5.82. The molecule has 0 spiro atoms. The van der Waals surface area contributed by atoms with E-state index < -0.39 is 0 Å². The second kappa shape index (κ2) is 9.79. The first-order valence-electron chi connectivity index (χ1n) is 8.14. The van der Waals surface area contributed by atoms with Gasteiger partial charge in [-0.15, -0.1) is 0 Å². The van der Waals surface area contributed by atoms with Crippen LogP contribution in [-0.4, -0.2) is 44.0 Å². The van der Waals surface area contributed by atoms with Crippen LogP contribution in [0.2, 0.25) is 5.02 Å². The van der Waals surface area contributed by atoms with Gasteiger partial charge < -0.3 is 15.4 Å². The largest absolute Gasteiger partial charge is 0.497 e. The van der Waals surface area contributed by atoms with E-state index in [0.717, 1.165) is 5.75 Å². The van der Waals surface area contributed by atoms with Crippen LogP contribution in [0.5, 0.6) is 5.75 Å². The van der Waals surface area contributed by atoms with E-state index >= 15 is 0 Å². The van der Waals surface area contributed by atoms with Gasteiger partial charge in [-0.2, -0.15) is 0 Å². The molecule has 7 heteroatoms. The Balaban J connectivity index is 1.72. The summed E-state index contributed by atoms with van der Waals surface area (Å²) in [5, 5.41) is 6.15. The smallest absolute Gasteiger partial charge is 0.238 e. The molecule has 0 saturated heterocycles. The van der Waals surface area contributed by atoms with Gasteiger partial charge in [-0.3, -0.25) is 14.5 Å². The fourth-order valence-electron chi connectivity index (χ4n) is 2.28. The number of benzene rings is 2. The summed E-state index contributed by atoms with van der Waals surface area (Å²) in [5.41, 5.74) is 1.35. The summed E-state index contributed by atoms with van der Waals surface area (Å²) in [7, 11) is 3.38. The van der Waals surface area contributed by atoms with Gasteiger partial charge in [0, 0.05) is 29.4 Å². The molecule has 26 heavy (non-hydrogen) atoms. The zero-order valence-corrected chi connectivity index (χ0v) is 15.5. The van der Waals surface area contributed by atoms with Gasteiger partial charge in [-0.1, -0.05) is 17.7 Å². The molecule has 0 unspecified atom stereocenters. The SMILES string of the molecule is COc1ccc(NC(=O)CN(C)CCC(=O)Nc2cccc(Cl)c2)cc1. The van der Waals surface area contributed by atoms with Crippen LogP contribution < -0.4 is 15.4 Å². The first kappa shape index (κ1) is 19.8. The third-order valence-corrected chi connectivity index (χ3v) is 3.85. The Morgan fingerprint density at radius 2 is 1.73 bits per heavy atom. The van der Waals surface area contributed by atoms with Crippen molar-refractivity contribution in [2.75, 3.05) is 37.9 Å². The zero-order valence-electron chi connectivity index (χ0n) is 14.8. The number of anilines is 2. The quantitative estimate of drug-likeness (QED) is 0.743. The highest BCUT2D eigenvalue weighted by Crippen LogP contribution is 2.16. The molecular weight excluding hydrogens is 354 g/mol. The maximum atomic E-state index is 12.1. The minimum absolute atomic E-state index is 0.130. The molecule has 2 aromatic carbocycles. The molecule has 2 amide bonds. The Morgan fingerprint density at radius 1 is 1.04 bits per heavy atom. The molecule has 0 aliphatic carbocycles. The zero-order chi connectivity index (χ0) is 18.9. The number of methoxy groups -OCH3 is 1. The Hall–Kier alpha value is -2.57. The summed E-state index contributed by atoms with van der Waals surface area (Å²) >= 11 is 5.89. The van der Waals surface area contributed by atoms with E-state index in [2.05, 4.69) is 10.6 Å². The lowest BCUT2D eigenvalue weighted by atomic mass is 10.3. The van der Waals surface area contributed by atoms with Gasteiger partial charge in [0.05, 0.1) is 13.7 Å². The van der Waals surface area contributed by atoms with Gasteiger partial charge in [0.2, 0.25) is 11.8 Å². The van der Waals surface area contributed by atoms with E-state index in [4.69, 9.17) is 16.3 Å². The average Bonchev–Trinajstić information content (AvgIpc) is 2.60. The van der Waals surface area contributed by atoms with Crippen LogP contribution >= 0.6 is 11.6 Å². The van der Waals surface area contributed by atoms with Crippen molar-refractivity contribution >= 4 is 34.8 Å². The molecule has 0 aromatic heterocycles. The normalized spacial score (nSPS) is 10.5. The number of likely N-dealkylation sites (N-methyl/N-ethyl adjacent to an activating group) is 1. The van der Waals surface area contributed by atoms with Gasteiger partial charge >= 0.3 is 0 Å². The summed E-state index contributed by atoms with van der Waals surface area (Å²) in [4.78, 5) is 25.8. The molecule has 0 heterocycles. The number of rotatable bonds is 8. The number of amides is 2. The van der Waals surface area contributed by atoms with E-state index in [-0.39, 0.29) is 24.8 Å². The van der Waals surface area contributed by atoms with E-state index in [1.807, 2.05) is 0 Å². The van der Waals surface area contributed by atoms with E-state index in [1.165, 1.54) is 0 Å². The Morgan fingerprint density at radius 3 is 2.38 bits per heavy atom. The predicted octanol–water partition coefficient (Wildman–Crippen LogP) is 3.25. The van der Waals surface area contributed by atoms with Crippen LogP contribution in [0.25, 0.3) is 0 Å². The van der Waals surface area contributed by atoms with Crippen LogP contribution in [0, 0.1) is 0 Å². The lowest BCUT2D eigenvalue weighted by Gasteiger charge is -2.16. The molecule has 0 radical (unpaired) electrons. The van der Waals surface area contributed by atoms with E-state index in [0.29, 0.717) is 22.9 Å². The van der Waals surface area contributed by atoms with Crippen LogP contribution in [0.3, 0.4) is 0 Å². The van der Waals surface area contributed by atoms with Crippen molar-refractivity contribution in [1.29, 1.82) is 0 Å². The summed E-state index contributed by atoms with van der Waals surface area (Å²) in [6.07, 6.45) is 0.277. The van der Waals surface area contributed by atoms with Crippen molar-refractivity contribution in [2.24, 2.45) is 0 Å². The number of hydrogen-bond acceptors (Lipinski definition) is 4. The van der Waals surface area contributed by atoms with Crippen molar-refractivity contribution in [2.45, 2.75) is 6.42 Å². The predicted molar refractivity (Wildman–Crippen MR) is 104 cm³/mol. The molecular formula is C19H22ClN3O3. The van der Waals surface area contributed by atoms with Gasteiger partial charge in [0.15, 0.2) is 0 Å². The summed E-state index contributed by atoms with van der Waals surface area (Å²) in [5.74, 6) is 0.452. The van der Waals surface area contributed by atoms with Crippen molar-refractivity contribution in [1.82, 2.24) is 4.90 Å². The van der Waals surface area contributed by atoms with Crippen molar-refractivity contribution in [3.63, 3.8) is 0 Å². The maximum Gasteiger partial charge on any atom is 0.238 e. The highest BCUT2D eigenvalue weighted by Gasteiger charge is 2.10. The number of halogens is 1. The Labute approximate surface area is 158 Å². The number of hydrogen-bond donors (Lipinski definition) is 2. The highest BCUT2D eigenvalue weighted by atomic mass is 35.5. The topological polar surface area (TPSA) is 70.7 Å². The Bertz CT molecular complexity index is 750. The first-order chi connectivity index (χ1) is 12.5. The minimum Gasteiger partial charge on any atom is -0.497 e. The van der Waals surface area contributed by atoms with Crippen LogP contribution in [0.1, 0.15) is 6.42 Å². The van der Waals surface area contributed by atoms with E-state index in [1.54, 1.807) is 67.6 Å². The molecule has 2 N–H and O–H groups in total. The lowest BCUT2D eigenvalue weighted by Crippen LogP contribution is -2.32. The average molecular weight is 376 g/mol. The summed E-state index contributed by atoms with van der Waals surface area (Å²) in [6.45, 7) is 0.652. The monoisotopic (exact) mass is 375 g/mol. The Kier molecular flexibility index (Phi) is 7.44. The van der Waals surface area contributed by atoms with Crippen LogP contribution in [-0.2, 0) is 9.59 Å². The van der Waals surface area contributed by atoms with Crippen molar-refractivity contribution < 1.29 is 14.3 Å². The lowest BCUT2D eigenvalue weighted by molar-refractivity contribution is -0.119. The number of nitrogens with zero attached hydrogens (tertiary/aromatic N) is 1. The van der Waals surface area contributed by atoms with Gasteiger partial charge in [0.1, 0.15) is 5.75 Å². The minimum atomic E-state index is -0.145. The van der Waals surface area contributed by atoms with Crippen LogP contribution in [0.15, 0.2) is 48.5 Å². The van der Waals surface area contributed by atoms with Gasteiger partial charge in [-0.05, 0) is 49.5 Å². The molecule has 2 rings (SSSR count). The number of carbonyl (C=O) groups is 2. The third-order valence-electron chi connectivity index (χ3n) is 3.62. The summed E-state index contributed by atoms with van der Waals surface area (Å²) in [6, 6.07) is 14.1. The van der Waals surface area contributed by atoms with Gasteiger partial charge in [-0.25, -0.2) is 0 Å². The molecule has 2 aromatic rings. The number of nitrogens with one attached hydrogen (secondary N) is 2. The fraction of sp³-hybridized carbons (Fsp3) is 0.263. The number of carbonyl (C=O) groups excluding carboxylic acids is 2. The summed E-state index contributed by atoms with van der Waals surface area (Å²) < 4.78 is 5.08. The molecule has 0 aliphatic rings. The van der Waals surface area contributed by atoms with Crippen molar-refractivity contribution in [3.8, 4) is 5.75 Å². The fourth-order valence-corrected chi connectivity index (χ4v) is 2.47. The van der Waals surface area contributed by atoms with Crippen LogP contribution in [0.4, 0.5) is 11.4 Å². The molecule has 6 nitrogen and oxygen atoms in total. The first-order valence-corrected chi connectivity index (χ1v) is 8.52. The highest BCUT2D eigenvalue weighted by molar-refractivity contribution is 6.30. The molecule has 0 atom stereocenters. The third kappa shape index (κ3) is 6.74. The van der Waals surface area contributed by atoms with Gasteiger partial charge in [0.25, 0.3) is 0 Å². The second-order valence-corrected chi connectivity index (χ2v) is 6.26. The molecule has 138 valence electrons. The molecule has 0 fully saturated rings.